The number of hydrogen-bond acceptors (Lipinski definition) is 3. The number of halogens is 1. The van der Waals surface area contributed by atoms with Crippen molar-refractivity contribution < 1.29 is 8.94 Å². The van der Waals surface area contributed by atoms with Crippen LogP contribution >= 0.6 is 20.1 Å². The Morgan fingerprint density at radius 1 is 1.25 bits per heavy atom. The van der Waals surface area contributed by atoms with E-state index in [1.54, 1.807) is 43.0 Å². The highest BCUT2D eigenvalue weighted by molar-refractivity contribution is 7.44. The Balaban J connectivity index is 2.80. The van der Waals surface area contributed by atoms with Gasteiger partial charge in [-0.05, 0) is 38.4 Å². The first-order valence-electron chi connectivity index (χ1n) is 4.77. The smallest absolute Gasteiger partial charge is 0.403 e. The summed E-state index contributed by atoms with van der Waals surface area (Å²) in [5.41, 5.74) is 0. The van der Waals surface area contributed by atoms with E-state index >= 15 is 0 Å². The lowest BCUT2D eigenvalue weighted by atomic mass is 10.3. The Bertz CT molecular complexity index is 338. The molecule has 0 spiro atoms. The van der Waals surface area contributed by atoms with E-state index in [0.717, 1.165) is 0 Å². The molecule has 90 valence electrons. The molecule has 0 amide bonds. The number of quaternary nitrogens is 1. The summed E-state index contributed by atoms with van der Waals surface area (Å²) in [7, 11) is 5.53. The molecule has 0 aromatic heterocycles. The third kappa shape index (κ3) is 3.89. The van der Waals surface area contributed by atoms with E-state index in [4.69, 9.17) is 16.1 Å². The van der Waals surface area contributed by atoms with E-state index in [0.29, 0.717) is 10.8 Å². The molecule has 1 rings (SSSR count). The van der Waals surface area contributed by atoms with E-state index in [2.05, 4.69) is 0 Å². The summed E-state index contributed by atoms with van der Waals surface area (Å²) in [6, 6.07) is 7.00. The zero-order valence-electron chi connectivity index (χ0n) is 9.85. The third-order valence-electron chi connectivity index (χ3n) is 1.75. The molecule has 0 aliphatic heterocycles. The summed E-state index contributed by atoms with van der Waals surface area (Å²) in [6.45, 7) is 0. The maximum absolute atomic E-state index is 11.9. The molecule has 1 aromatic carbocycles. The molecule has 0 saturated heterocycles. The van der Waals surface area contributed by atoms with E-state index < -0.39 is 12.9 Å². The van der Waals surface area contributed by atoms with Gasteiger partial charge >= 0.3 is 8.45 Å². The van der Waals surface area contributed by atoms with Crippen LogP contribution < -0.4 is 4.52 Å². The largest absolute Gasteiger partial charge is 0.629 e. The first kappa shape index (κ1) is 13.7. The number of nitrogens with zero attached hydrogens (tertiary/aromatic N) is 2. The van der Waals surface area contributed by atoms with Gasteiger partial charge < -0.3 is 14.1 Å². The minimum absolute atomic E-state index is 0.481. The van der Waals surface area contributed by atoms with Crippen LogP contribution in [0.5, 0.6) is 5.75 Å². The van der Waals surface area contributed by atoms with Crippen molar-refractivity contribution in [1.82, 2.24) is 4.67 Å². The molecule has 0 heterocycles. The molecule has 1 atom stereocenters. The minimum atomic E-state index is -1.27. The van der Waals surface area contributed by atoms with Gasteiger partial charge in [-0.15, -0.1) is 0 Å². The summed E-state index contributed by atoms with van der Waals surface area (Å²) >= 11 is 5.77. The van der Waals surface area contributed by atoms with Crippen molar-refractivity contribution in [1.29, 1.82) is 0 Å². The second-order valence-electron chi connectivity index (χ2n) is 3.94. The van der Waals surface area contributed by atoms with Crippen LogP contribution in [0.1, 0.15) is 0 Å². The zero-order chi connectivity index (χ0) is 12.3. The normalized spacial score (nSPS) is 13.9. The molecule has 0 N–H and O–H groups in total. The minimum Gasteiger partial charge on any atom is -0.629 e. The van der Waals surface area contributed by atoms with Crippen molar-refractivity contribution in [2.45, 2.75) is 0 Å². The fourth-order valence-corrected chi connectivity index (χ4v) is 2.86. The maximum Gasteiger partial charge on any atom is 0.403 e. The second kappa shape index (κ2) is 5.30. The zero-order valence-corrected chi connectivity index (χ0v) is 11.5. The SMILES string of the molecule is CN(C)P(Oc1ccc(Cl)cc1)[N+](C)(C)[O-]. The summed E-state index contributed by atoms with van der Waals surface area (Å²) in [5, 5.41) is 12.5. The predicted molar refractivity (Wildman–Crippen MR) is 68.2 cm³/mol. The molecule has 1 unspecified atom stereocenters. The fraction of sp³-hybridized carbons (Fsp3) is 0.400. The second-order valence-corrected chi connectivity index (χ2v) is 6.83. The number of rotatable bonds is 4. The van der Waals surface area contributed by atoms with Gasteiger partial charge in [-0.1, -0.05) is 11.6 Å². The molecular weight excluding hydrogens is 247 g/mol. The first-order valence-corrected chi connectivity index (χ1v) is 6.31. The van der Waals surface area contributed by atoms with Crippen molar-refractivity contribution in [3.8, 4) is 5.75 Å². The van der Waals surface area contributed by atoms with Crippen LogP contribution in [-0.2, 0) is 0 Å². The van der Waals surface area contributed by atoms with E-state index in [-0.39, 0.29) is 0 Å². The average Bonchev–Trinajstić information content (AvgIpc) is 2.14. The molecule has 16 heavy (non-hydrogen) atoms. The van der Waals surface area contributed by atoms with Crippen molar-refractivity contribution in [3.63, 3.8) is 0 Å². The number of hydrogen-bond donors (Lipinski definition) is 0. The van der Waals surface area contributed by atoms with Gasteiger partial charge in [0.15, 0.2) is 0 Å². The monoisotopic (exact) mass is 262 g/mol. The standard InChI is InChI=1S/C10H16ClN2O2P/c1-12(2)16(13(3,4)14)15-10-7-5-9(11)6-8-10/h5-8H,1-4H3. The molecule has 1 aromatic rings. The van der Waals surface area contributed by atoms with Crippen molar-refractivity contribution in [3.05, 3.63) is 34.5 Å². The Labute approximate surface area is 102 Å². The summed E-state index contributed by atoms with van der Waals surface area (Å²) in [5.74, 6) is 0.659. The third-order valence-corrected chi connectivity index (χ3v) is 3.89. The van der Waals surface area contributed by atoms with E-state index in [1.807, 2.05) is 14.1 Å². The molecule has 0 bridgehead atoms. The van der Waals surface area contributed by atoms with Crippen molar-refractivity contribution in [2.24, 2.45) is 0 Å². The van der Waals surface area contributed by atoms with Crippen LogP contribution in [0, 0.1) is 5.21 Å². The Kier molecular flexibility index (Phi) is 4.53. The van der Waals surface area contributed by atoms with Gasteiger partial charge in [0.05, 0.1) is 14.1 Å². The summed E-state index contributed by atoms with van der Waals surface area (Å²) < 4.78 is 7.01. The molecule has 4 nitrogen and oxygen atoms in total. The van der Waals surface area contributed by atoms with Gasteiger partial charge in [0, 0.05) is 5.02 Å². The highest BCUT2D eigenvalue weighted by atomic mass is 35.5. The van der Waals surface area contributed by atoms with E-state index in [1.165, 1.54) is 0 Å². The molecule has 6 heteroatoms. The lowest BCUT2D eigenvalue weighted by Crippen LogP contribution is -2.33. The quantitative estimate of drug-likeness (QED) is 0.618. The molecular formula is C10H16ClN2O2P. The highest BCUT2D eigenvalue weighted by Crippen LogP contribution is 2.46. The maximum atomic E-state index is 11.9. The average molecular weight is 263 g/mol. The van der Waals surface area contributed by atoms with Gasteiger partial charge in [0.2, 0.25) is 0 Å². The van der Waals surface area contributed by atoms with Crippen molar-refractivity contribution >= 4 is 20.1 Å². The van der Waals surface area contributed by atoms with Crippen LogP contribution in [-0.4, -0.2) is 37.3 Å². The van der Waals surface area contributed by atoms with Crippen LogP contribution in [0.15, 0.2) is 24.3 Å². The van der Waals surface area contributed by atoms with Gasteiger partial charge in [-0.3, -0.25) is 0 Å². The Morgan fingerprint density at radius 3 is 2.12 bits per heavy atom. The molecule has 0 fully saturated rings. The fourth-order valence-electron chi connectivity index (χ4n) is 1.20. The van der Waals surface area contributed by atoms with Gasteiger partial charge in [0.1, 0.15) is 5.75 Å². The lowest BCUT2D eigenvalue weighted by Gasteiger charge is -2.40. The van der Waals surface area contributed by atoms with Gasteiger partial charge in [0.25, 0.3) is 0 Å². The van der Waals surface area contributed by atoms with Gasteiger partial charge in [-0.2, -0.15) is 0 Å². The van der Waals surface area contributed by atoms with Crippen LogP contribution in [0.4, 0.5) is 0 Å². The lowest BCUT2D eigenvalue weighted by molar-refractivity contribution is -0.714. The molecule has 0 aliphatic carbocycles. The van der Waals surface area contributed by atoms with E-state index in [9.17, 15) is 5.21 Å². The number of benzene rings is 1. The topological polar surface area (TPSA) is 35.5 Å². The Morgan fingerprint density at radius 2 is 1.75 bits per heavy atom. The van der Waals surface area contributed by atoms with Crippen LogP contribution in [0.3, 0.4) is 0 Å². The Hall–Kier alpha value is -0.380. The number of hydroxylamine groups is 2. The van der Waals surface area contributed by atoms with Gasteiger partial charge in [-0.25, -0.2) is 4.67 Å². The highest BCUT2D eigenvalue weighted by Gasteiger charge is 2.28. The first-order chi connectivity index (χ1) is 7.30. The molecule has 0 aliphatic rings. The summed E-state index contributed by atoms with van der Waals surface area (Å²) in [6.07, 6.45) is 0. The summed E-state index contributed by atoms with van der Waals surface area (Å²) in [4.78, 5) is 0. The van der Waals surface area contributed by atoms with Crippen LogP contribution in [0.2, 0.25) is 5.02 Å². The van der Waals surface area contributed by atoms with Crippen molar-refractivity contribution in [2.75, 3.05) is 28.2 Å². The molecule has 0 saturated carbocycles. The van der Waals surface area contributed by atoms with Crippen LogP contribution in [0.25, 0.3) is 0 Å². The predicted octanol–water partition coefficient (Wildman–Crippen LogP) is 3.08. The molecule has 0 radical (unpaired) electrons.